The van der Waals surface area contributed by atoms with Gasteiger partial charge in [0.1, 0.15) is 17.9 Å². The topological polar surface area (TPSA) is 238 Å². The van der Waals surface area contributed by atoms with Crippen molar-refractivity contribution in [2.24, 2.45) is 17.4 Å². The number of carboxylic acid groups (broad SMARTS) is 2. The fraction of sp³-hybridized carbons (Fsp3) is 0.429. The summed E-state index contributed by atoms with van der Waals surface area (Å²) >= 11 is 0. The average molecular weight is 479 g/mol. The summed E-state index contributed by atoms with van der Waals surface area (Å²) in [5.74, 6) is -5.77. The fourth-order valence-electron chi connectivity index (χ4n) is 2.86. The molecule has 0 heterocycles. The molecule has 0 aromatic heterocycles. The molecule has 0 bridgehead atoms. The molecule has 0 aliphatic rings. The number of amidine groups is 1. The predicted octanol–water partition coefficient (Wildman–Crippen LogP) is -1.86. The Labute approximate surface area is 195 Å². The van der Waals surface area contributed by atoms with Gasteiger partial charge in [-0.1, -0.05) is 38.1 Å². The maximum absolute atomic E-state index is 12.4. The van der Waals surface area contributed by atoms with Crippen molar-refractivity contribution in [3.8, 4) is 0 Å². The van der Waals surface area contributed by atoms with Gasteiger partial charge in [0.2, 0.25) is 17.7 Å². The number of carbonyl (C=O) groups excluding carboxylic acids is 3. The van der Waals surface area contributed by atoms with Crippen LogP contribution in [0.5, 0.6) is 0 Å². The molecule has 186 valence electrons. The van der Waals surface area contributed by atoms with Crippen LogP contribution in [-0.4, -0.2) is 70.4 Å². The molecule has 3 atom stereocenters. The molecule has 13 heteroatoms. The van der Waals surface area contributed by atoms with Crippen molar-refractivity contribution >= 4 is 35.5 Å². The van der Waals surface area contributed by atoms with Gasteiger partial charge in [0.05, 0.1) is 19.0 Å². The van der Waals surface area contributed by atoms with Crippen LogP contribution < -0.4 is 27.4 Å². The third-order valence-corrected chi connectivity index (χ3v) is 4.74. The maximum Gasteiger partial charge on any atom is 0.326 e. The molecule has 0 spiro atoms. The van der Waals surface area contributed by atoms with Crippen LogP contribution in [0.2, 0.25) is 0 Å². The van der Waals surface area contributed by atoms with E-state index < -0.39 is 66.7 Å². The van der Waals surface area contributed by atoms with Crippen LogP contribution in [0.15, 0.2) is 24.3 Å². The molecule has 0 unspecified atom stereocenters. The van der Waals surface area contributed by atoms with Gasteiger partial charge in [-0.3, -0.25) is 24.6 Å². The van der Waals surface area contributed by atoms with Gasteiger partial charge in [-0.15, -0.1) is 0 Å². The number of carbonyl (C=O) groups is 5. The number of carboxylic acids is 2. The Morgan fingerprint density at radius 2 is 1.59 bits per heavy atom. The van der Waals surface area contributed by atoms with E-state index in [1.165, 1.54) is 0 Å². The van der Waals surface area contributed by atoms with Crippen LogP contribution >= 0.6 is 0 Å². The molecule has 0 saturated heterocycles. The fourth-order valence-corrected chi connectivity index (χ4v) is 2.86. The normalized spacial score (nSPS) is 13.3. The minimum absolute atomic E-state index is 0.0998. The van der Waals surface area contributed by atoms with Gasteiger partial charge in [0.25, 0.3) is 0 Å². The predicted molar refractivity (Wildman–Crippen MR) is 121 cm³/mol. The number of nitrogens with one attached hydrogen (secondary N) is 4. The summed E-state index contributed by atoms with van der Waals surface area (Å²) in [6.07, 6.45) is -0.646. The first-order valence-electron chi connectivity index (χ1n) is 10.3. The maximum atomic E-state index is 12.4. The number of rotatable bonds is 13. The molecule has 3 amide bonds. The minimum atomic E-state index is -1.55. The number of nitrogen functional groups attached to an aromatic ring is 1. The van der Waals surface area contributed by atoms with E-state index in [9.17, 15) is 29.1 Å². The molecular formula is C21H30N6O7. The van der Waals surface area contributed by atoms with Crippen LogP contribution in [0.1, 0.15) is 31.4 Å². The van der Waals surface area contributed by atoms with Gasteiger partial charge in [0, 0.05) is 5.56 Å². The van der Waals surface area contributed by atoms with Crippen LogP contribution in [0.4, 0.5) is 0 Å². The van der Waals surface area contributed by atoms with Gasteiger partial charge in [-0.2, -0.15) is 0 Å². The highest BCUT2D eigenvalue weighted by molar-refractivity contribution is 5.95. The first kappa shape index (κ1) is 28.0. The summed E-state index contributed by atoms with van der Waals surface area (Å²) in [5.41, 5.74) is 12.5. The third-order valence-electron chi connectivity index (χ3n) is 4.74. The first-order valence-corrected chi connectivity index (χ1v) is 10.3. The summed E-state index contributed by atoms with van der Waals surface area (Å²) in [7, 11) is 0. The Kier molecular flexibility index (Phi) is 10.6. The van der Waals surface area contributed by atoms with Crippen molar-refractivity contribution < 1.29 is 34.2 Å². The lowest BCUT2D eigenvalue weighted by Crippen LogP contribution is -2.55. The van der Waals surface area contributed by atoms with Crippen molar-refractivity contribution in [1.29, 1.82) is 5.41 Å². The van der Waals surface area contributed by atoms with Crippen molar-refractivity contribution in [3.05, 3.63) is 35.4 Å². The van der Waals surface area contributed by atoms with Gasteiger partial charge < -0.3 is 37.6 Å². The summed E-state index contributed by atoms with van der Waals surface area (Å²) < 4.78 is 0. The van der Waals surface area contributed by atoms with Crippen molar-refractivity contribution in [2.45, 2.75) is 44.8 Å². The summed E-state index contributed by atoms with van der Waals surface area (Å²) in [6.45, 7) is 2.53. The first-order chi connectivity index (χ1) is 15.8. The van der Waals surface area contributed by atoms with Gasteiger partial charge in [0.15, 0.2) is 0 Å². The van der Waals surface area contributed by atoms with E-state index in [0.29, 0.717) is 11.1 Å². The lowest BCUT2D eigenvalue weighted by Gasteiger charge is -2.22. The Balaban J connectivity index is 2.66. The van der Waals surface area contributed by atoms with Gasteiger partial charge >= 0.3 is 11.9 Å². The number of hydrogen-bond acceptors (Lipinski definition) is 7. The molecule has 13 nitrogen and oxygen atoms in total. The van der Waals surface area contributed by atoms with Crippen molar-refractivity contribution in [3.63, 3.8) is 0 Å². The van der Waals surface area contributed by atoms with Crippen LogP contribution in [0.25, 0.3) is 0 Å². The Hall–Kier alpha value is -4.00. The lowest BCUT2D eigenvalue weighted by atomic mass is 10.0. The molecule has 0 saturated carbocycles. The second kappa shape index (κ2) is 12.9. The Bertz CT molecular complexity index is 932. The zero-order chi connectivity index (χ0) is 26.0. The van der Waals surface area contributed by atoms with E-state index in [1.807, 2.05) is 0 Å². The van der Waals surface area contributed by atoms with Gasteiger partial charge in [-0.25, -0.2) is 4.79 Å². The smallest absolute Gasteiger partial charge is 0.326 e. The number of nitrogens with two attached hydrogens (primary N) is 2. The second-order valence-electron chi connectivity index (χ2n) is 7.93. The molecule has 0 aliphatic heterocycles. The molecule has 1 aromatic rings. The van der Waals surface area contributed by atoms with Crippen LogP contribution in [0.3, 0.4) is 0 Å². The zero-order valence-electron chi connectivity index (χ0n) is 18.8. The third kappa shape index (κ3) is 9.24. The highest BCUT2D eigenvalue weighted by atomic mass is 16.4. The largest absolute Gasteiger partial charge is 0.481 e. The quantitative estimate of drug-likeness (QED) is 0.117. The SMILES string of the molecule is CC(C)[C@H](NC(=O)[C@H](CC(=O)O)NC(=O)CNC(=O)[C@@H](N)Cc1ccc(C(=N)N)cc1)C(=O)O. The monoisotopic (exact) mass is 478 g/mol. The molecule has 1 rings (SSSR count). The van der Waals surface area contributed by atoms with Gasteiger partial charge in [-0.05, 0) is 17.9 Å². The highest BCUT2D eigenvalue weighted by Gasteiger charge is 2.30. The summed E-state index contributed by atoms with van der Waals surface area (Å²) in [5, 5.41) is 32.3. The van der Waals surface area contributed by atoms with Crippen LogP contribution in [-0.2, 0) is 30.4 Å². The molecule has 1 aromatic carbocycles. The molecule has 0 radical (unpaired) electrons. The molecule has 10 N–H and O–H groups in total. The minimum Gasteiger partial charge on any atom is -0.481 e. The van der Waals surface area contributed by atoms with E-state index in [2.05, 4.69) is 16.0 Å². The molecule has 34 heavy (non-hydrogen) atoms. The number of aliphatic carboxylic acids is 2. The van der Waals surface area contributed by atoms with E-state index in [1.54, 1.807) is 38.1 Å². The number of benzene rings is 1. The van der Waals surface area contributed by atoms with E-state index >= 15 is 0 Å². The van der Waals surface area contributed by atoms with E-state index in [4.69, 9.17) is 22.0 Å². The average Bonchev–Trinajstić information content (AvgIpc) is 2.74. The lowest BCUT2D eigenvalue weighted by molar-refractivity contribution is -0.144. The molecule has 0 aliphatic carbocycles. The van der Waals surface area contributed by atoms with Crippen molar-refractivity contribution in [1.82, 2.24) is 16.0 Å². The van der Waals surface area contributed by atoms with Crippen molar-refractivity contribution in [2.75, 3.05) is 6.54 Å². The van der Waals surface area contributed by atoms with E-state index in [0.717, 1.165) is 0 Å². The van der Waals surface area contributed by atoms with Crippen LogP contribution in [0, 0.1) is 11.3 Å². The second-order valence-corrected chi connectivity index (χ2v) is 7.93. The number of amides is 3. The summed E-state index contributed by atoms with van der Waals surface area (Å²) in [4.78, 5) is 59.1. The molecular weight excluding hydrogens is 448 g/mol. The Morgan fingerprint density at radius 1 is 1.00 bits per heavy atom. The highest BCUT2D eigenvalue weighted by Crippen LogP contribution is 2.06. The standard InChI is InChI=1S/C21H30N6O7/c1-10(2)17(21(33)34)27-20(32)14(8-16(29)30)26-15(28)9-25-19(31)13(22)7-11-3-5-12(6-4-11)18(23)24/h3-6,10,13-14,17H,7-9,22H2,1-2H3,(H3,23,24)(H,25,31)(H,26,28)(H,27,32)(H,29,30)(H,33,34)/t13-,14-,17-/m0/s1. The Morgan fingerprint density at radius 3 is 2.06 bits per heavy atom. The zero-order valence-corrected chi connectivity index (χ0v) is 18.8. The summed E-state index contributed by atoms with van der Waals surface area (Å²) in [6, 6.07) is 2.71. The van der Waals surface area contributed by atoms with E-state index in [-0.39, 0.29) is 12.3 Å². The molecule has 0 fully saturated rings. The number of hydrogen-bond donors (Lipinski definition) is 8.